The van der Waals surface area contributed by atoms with Gasteiger partial charge in [-0.15, -0.1) is 15.7 Å². The second-order valence-electron chi connectivity index (χ2n) is 1.45. The van der Waals surface area contributed by atoms with Crippen LogP contribution >= 0.6 is 0 Å². The maximum absolute atomic E-state index is 3.60. The zero-order valence-electron chi connectivity index (χ0n) is 4.29. The summed E-state index contributed by atoms with van der Waals surface area (Å²) in [5, 5.41) is 13.8. The topological polar surface area (TPSA) is 87.7 Å². The smallest absolute Gasteiger partial charge is 0.212 e. The van der Waals surface area contributed by atoms with Crippen LogP contribution in [0.5, 0.6) is 0 Å². The molecule has 0 aliphatic carbocycles. The normalized spacial score (nSPS) is 13.8. The van der Waals surface area contributed by atoms with Crippen LogP contribution in [-0.2, 0) is 0 Å². The molecule has 1 aromatic heterocycles. The average molecular weight is 125 g/mol. The van der Waals surface area contributed by atoms with Crippen molar-refractivity contribution in [2.75, 3.05) is 10.9 Å². The molecule has 1 aromatic rings. The minimum Gasteiger partial charge on any atom is -0.283 e. The number of nitrogens with zero attached hydrogens (tertiary/aromatic N) is 4. The van der Waals surface area contributed by atoms with Gasteiger partial charge in [0.05, 0.1) is 0 Å². The zero-order valence-corrected chi connectivity index (χ0v) is 4.29. The van der Waals surface area contributed by atoms with E-state index in [0.29, 0.717) is 11.6 Å². The summed E-state index contributed by atoms with van der Waals surface area (Å²) in [5.41, 5.74) is 7.91. The van der Waals surface area contributed by atoms with Crippen molar-refractivity contribution in [1.82, 2.24) is 26.2 Å². The van der Waals surface area contributed by atoms with Crippen molar-refractivity contribution in [2.24, 2.45) is 0 Å². The number of aromatic nitrogens is 4. The van der Waals surface area contributed by atoms with E-state index in [2.05, 4.69) is 37.0 Å². The molecular weight excluding hydrogens is 122 g/mol. The van der Waals surface area contributed by atoms with Gasteiger partial charge in [0.2, 0.25) is 11.6 Å². The third kappa shape index (κ3) is 0.548. The highest BCUT2D eigenvalue weighted by molar-refractivity contribution is 5.60. The molecule has 0 spiro atoms. The maximum atomic E-state index is 3.60. The monoisotopic (exact) mass is 125 g/mol. The van der Waals surface area contributed by atoms with E-state index in [0.717, 1.165) is 0 Å². The van der Waals surface area contributed by atoms with Gasteiger partial charge in [0.1, 0.15) is 0 Å². The van der Waals surface area contributed by atoms with Crippen molar-refractivity contribution in [1.29, 1.82) is 0 Å². The number of hydrogen-bond donors (Lipinski definition) is 3. The molecular formula is C2H3N7. The van der Waals surface area contributed by atoms with Gasteiger partial charge in [-0.3, -0.25) is 10.9 Å². The molecule has 0 radical (unpaired) electrons. The van der Waals surface area contributed by atoms with Gasteiger partial charge in [0.25, 0.3) is 0 Å². The van der Waals surface area contributed by atoms with E-state index in [9.17, 15) is 0 Å². The summed E-state index contributed by atoms with van der Waals surface area (Å²) >= 11 is 0. The van der Waals surface area contributed by atoms with Crippen LogP contribution in [-0.4, -0.2) is 20.6 Å². The second kappa shape index (κ2) is 1.49. The Morgan fingerprint density at radius 3 is 2.00 bits per heavy atom. The van der Waals surface area contributed by atoms with Gasteiger partial charge in [0.15, 0.2) is 0 Å². The van der Waals surface area contributed by atoms with Gasteiger partial charge >= 0.3 is 0 Å². The van der Waals surface area contributed by atoms with Gasteiger partial charge < -0.3 is 0 Å². The van der Waals surface area contributed by atoms with Crippen molar-refractivity contribution in [3.63, 3.8) is 0 Å². The van der Waals surface area contributed by atoms with E-state index in [1.807, 2.05) is 0 Å². The van der Waals surface area contributed by atoms with Crippen LogP contribution < -0.4 is 16.4 Å². The first-order valence-electron chi connectivity index (χ1n) is 2.30. The summed E-state index contributed by atoms with van der Waals surface area (Å²) in [5.74, 6) is 1.12. The lowest BCUT2D eigenvalue weighted by atomic mass is 10.7. The Kier molecular flexibility index (Phi) is 0.725. The lowest BCUT2D eigenvalue weighted by Crippen LogP contribution is -2.19. The Morgan fingerprint density at radius 1 is 0.889 bits per heavy atom. The number of anilines is 2. The highest BCUT2D eigenvalue weighted by Crippen LogP contribution is 2.13. The minimum atomic E-state index is 0.560. The Labute approximate surface area is 49.8 Å². The number of hydrogen-bond acceptors (Lipinski definition) is 7. The van der Waals surface area contributed by atoms with E-state index >= 15 is 0 Å². The largest absolute Gasteiger partial charge is 0.283 e. The summed E-state index contributed by atoms with van der Waals surface area (Å²) in [7, 11) is 0. The predicted octanol–water partition coefficient (Wildman–Crippen LogP) is -1.48. The third-order valence-corrected chi connectivity index (χ3v) is 0.916. The third-order valence-electron chi connectivity index (χ3n) is 0.916. The lowest BCUT2D eigenvalue weighted by molar-refractivity contribution is 0.778. The van der Waals surface area contributed by atoms with Crippen molar-refractivity contribution < 1.29 is 0 Å². The molecule has 0 aromatic carbocycles. The van der Waals surface area contributed by atoms with Gasteiger partial charge in [-0.05, 0) is 10.4 Å². The number of nitrogens with one attached hydrogen (secondary N) is 3. The molecule has 0 amide bonds. The number of hydrazine groups is 2. The van der Waals surface area contributed by atoms with Crippen LogP contribution in [0.15, 0.2) is 0 Å². The number of fused-ring (bicyclic) bond motifs is 1. The molecule has 0 atom stereocenters. The quantitative estimate of drug-likeness (QED) is 0.390. The molecule has 0 saturated heterocycles. The molecule has 2 heterocycles. The maximum Gasteiger partial charge on any atom is 0.212 e. The molecule has 7 heteroatoms. The van der Waals surface area contributed by atoms with Gasteiger partial charge in [-0.2, -0.15) is 0 Å². The van der Waals surface area contributed by atoms with E-state index in [1.54, 1.807) is 0 Å². The van der Waals surface area contributed by atoms with Crippen molar-refractivity contribution in [2.45, 2.75) is 0 Å². The van der Waals surface area contributed by atoms with Crippen molar-refractivity contribution in [3.8, 4) is 0 Å². The van der Waals surface area contributed by atoms with Crippen LogP contribution in [0.4, 0.5) is 11.6 Å². The van der Waals surface area contributed by atoms with E-state index < -0.39 is 0 Å². The number of rotatable bonds is 0. The SMILES string of the molecule is n1nnc2c(n1)NNN2. The Hall–Kier alpha value is -1.50. The molecule has 2 rings (SSSR count). The van der Waals surface area contributed by atoms with Crippen LogP contribution in [0.1, 0.15) is 0 Å². The van der Waals surface area contributed by atoms with Crippen LogP contribution in [0.2, 0.25) is 0 Å². The molecule has 0 bridgehead atoms. The Bertz CT molecular complexity index is 197. The highest BCUT2D eigenvalue weighted by Gasteiger charge is 2.10. The molecule has 3 N–H and O–H groups in total. The molecule has 9 heavy (non-hydrogen) atoms. The first kappa shape index (κ1) is 4.39. The van der Waals surface area contributed by atoms with E-state index in [1.165, 1.54) is 0 Å². The van der Waals surface area contributed by atoms with E-state index in [-0.39, 0.29) is 0 Å². The fraction of sp³-hybridized carbons (Fsp3) is 0. The standard InChI is InChI=1S/C2H3N7/c3-1-2(4-7-3)6-9-8-5-1/h(H3,3,4,5,6,7,8,9). The van der Waals surface area contributed by atoms with Gasteiger partial charge in [-0.1, -0.05) is 0 Å². The predicted molar refractivity (Wildman–Crippen MR) is 28.0 cm³/mol. The van der Waals surface area contributed by atoms with E-state index in [4.69, 9.17) is 0 Å². The van der Waals surface area contributed by atoms with Crippen LogP contribution in [0, 0.1) is 0 Å². The molecule has 7 nitrogen and oxygen atoms in total. The summed E-state index contributed by atoms with van der Waals surface area (Å²) < 4.78 is 0. The van der Waals surface area contributed by atoms with Crippen molar-refractivity contribution in [3.05, 3.63) is 0 Å². The summed E-state index contributed by atoms with van der Waals surface area (Å²) in [6.45, 7) is 0. The molecule has 0 unspecified atom stereocenters. The summed E-state index contributed by atoms with van der Waals surface area (Å²) in [6, 6.07) is 0. The Balaban J connectivity index is 2.54. The van der Waals surface area contributed by atoms with Crippen LogP contribution in [0.3, 0.4) is 0 Å². The first-order valence-corrected chi connectivity index (χ1v) is 2.30. The van der Waals surface area contributed by atoms with Gasteiger partial charge in [-0.25, -0.2) is 0 Å². The molecule has 0 saturated carbocycles. The summed E-state index contributed by atoms with van der Waals surface area (Å²) in [4.78, 5) is 0. The average Bonchev–Trinajstić information content (AvgIpc) is 2.33. The summed E-state index contributed by atoms with van der Waals surface area (Å²) in [6.07, 6.45) is 0. The fourth-order valence-corrected chi connectivity index (χ4v) is 0.542. The van der Waals surface area contributed by atoms with Crippen LogP contribution in [0.25, 0.3) is 0 Å². The fourth-order valence-electron chi connectivity index (χ4n) is 0.542. The molecule has 1 aliphatic rings. The van der Waals surface area contributed by atoms with Gasteiger partial charge in [0, 0.05) is 0 Å². The Morgan fingerprint density at radius 2 is 1.44 bits per heavy atom. The highest BCUT2D eigenvalue weighted by atomic mass is 15.7. The lowest BCUT2D eigenvalue weighted by Gasteiger charge is -1.86. The molecule has 1 aliphatic heterocycles. The van der Waals surface area contributed by atoms with Crippen molar-refractivity contribution >= 4 is 11.6 Å². The zero-order chi connectivity index (χ0) is 6.10. The first-order chi connectivity index (χ1) is 4.47. The molecule has 0 fully saturated rings. The second-order valence-corrected chi connectivity index (χ2v) is 1.45. The minimum absolute atomic E-state index is 0.560. The molecule has 46 valence electrons.